The van der Waals surface area contributed by atoms with Crippen LogP contribution in [0.3, 0.4) is 0 Å². The Hall–Kier alpha value is -3.14. The molecule has 3 aromatic rings. The Balaban J connectivity index is 1.70. The molecule has 27 heavy (non-hydrogen) atoms. The summed E-state index contributed by atoms with van der Waals surface area (Å²) < 4.78 is 0. The number of hydrogen-bond acceptors (Lipinski definition) is 2. The number of benzene rings is 2. The normalized spacial score (nSPS) is 11.8. The molecule has 3 rings (SSSR count). The van der Waals surface area contributed by atoms with Crippen molar-refractivity contribution in [1.82, 2.24) is 10.3 Å². The SMILES string of the molecule is Cc1ccc(CC(C)(C)NC(=O)/C=C/c2cc3ccccc3[nH]c2=O)cc1. The zero-order chi connectivity index (χ0) is 19.4. The summed E-state index contributed by atoms with van der Waals surface area (Å²) in [7, 11) is 0. The van der Waals surface area contributed by atoms with E-state index in [4.69, 9.17) is 0 Å². The molecule has 0 aliphatic carbocycles. The highest BCUT2D eigenvalue weighted by atomic mass is 16.1. The third kappa shape index (κ3) is 4.94. The molecule has 2 N–H and O–H groups in total. The van der Waals surface area contributed by atoms with Gasteiger partial charge in [0.1, 0.15) is 0 Å². The molecule has 2 aromatic carbocycles. The first-order valence-corrected chi connectivity index (χ1v) is 9.00. The lowest BCUT2D eigenvalue weighted by molar-refractivity contribution is -0.117. The van der Waals surface area contributed by atoms with Crippen LogP contribution in [0.1, 0.15) is 30.5 Å². The maximum absolute atomic E-state index is 12.3. The van der Waals surface area contributed by atoms with Crippen LogP contribution in [0.25, 0.3) is 17.0 Å². The molecule has 0 bridgehead atoms. The summed E-state index contributed by atoms with van der Waals surface area (Å²) in [5, 5.41) is 3.94. The van der Waals surface area contributed by atoms with Crippen LogP contribution in [-0.2, 0) is 11.2 Å². The van der Waals surface area contributed by atoms with Crippen LogP contribution < -0.4 is 10.9 Å². The number of fused-ring (bicyclic) bond motifs is 1. The second-order valence-electron chi connectivity index (χ2n) is 7.51. The molecule has 4 nitrogen and oxygen atoms in total. The average molecular weight is 360 g/mol. The fraction of sp³-hybridized carbons (Fsp3) is 0.217. The first kappa shape index (κ1) is 18.6. The summed E-state index contributed by atoms with van der Waals surface area (Å²) >= 11 is 0. The highest BCUT2D eigenvalue weighted by molar-refractivity contribution is 5.92. The number of carbonyl (C=O) groups excluding carboxylic acids is 1. The number of nitrogens with one attached hydrogen (secondary N) is 2. The van der Waals surface area contributed by atoms with Crippen molar-refractivity contribution in [2.24, 2.45) is 0 Å². The van der Waals surface area contributed by atoms with Crippen molar-refractivity contribution in [3.63, 3.8) is 0 Å². The number of aromatic nitrogens is 1. The van der Waals surface area contributed by atoms with Gasteiger partial charge in [0.05, 0.1) is 0 Å². The Morgan fingerprint density at radius 1 is 1.11 bits per heavy atom. The maximum atomic E-state index is 12.3. The van der Waals surface area contributed by atoms with E-state index in [0.717, 1.165) is 17.3 Å². The molecule has 1 aromatic heterocycles. The molecule has 0 spiro atoms. The molecule has 138 valence electrons. The van der Waals surface area contributed by atoms with E-state index in [2.05, 4.69) is 41.5 Å². The fourth-order valence-corrected chi connectivity index (χ4v) is 3.09. The summed E-state index contributed by atoms with van der Waals surface area (Å²) in [5.74, 6) is -0.223. The van der Waals surface area contributed by atoms with E-state index in [1.165, 1.54) is 17.2 Å². The van der Waals surface area contributed by atoms with Crippen molar-refractivity contribution in [2.75, 3.05) is 0 Å². The number of carbonyl (C=O) groups is 1. The van der Waals surface area contributed by atoms with Gasteiger partial charge < -0.3 is 10.3 Å². The van der Waals surface area contributed by atoms with Crippen molar-refractivity contribution in [1.29, 1.82) is 0 Å². The van der Waals surface area contributed by atoms with Gasteiger partial charge in [-0.1, -0.05) is 48.0 Å². The van der Waals surface area contributed by atoms with Crippen molar-refractivity contribution in [3.8, 4) is 0 Å². The maximum Gasteiger partial charge on any atom is 0.255 e. The van der Waals surface area contributed by atoms with E-state index < -0.39 is 5.54 Å². The van der Waals surface area contributed by atoms with Crippen LogP contribution in [0.5, 0.6) is 0 Å². The summed E-state index contributed by atoms with van der Waals surface area (Å²) in [6.07, 6.45) is 3.70. The fourth-order valence-electron chi connectivity index (χ4n) is 3.09. The largest absolute Gasteiger partial charge is 0.347 e. The Morgan fingerprint density at radius 2 is 1.81 bits per heavy atom. The number of aryl methyl sites for hydroxylation is 1. The number of para-hydroxylation sites is 1. The van der Waals surface area contributed by atoms with Crippen molar-refractivity contribution in [3.05, 3.63) is 87.7 Å². The van der Waals surface area contributed by atoms with Crippen molar-refractivity contribution < 1.29 is 4.79 Å². The minimum absolute atomic E-state index is 0.211. The van der Waals surface area contributed by atoms with Gasteiger partial charge in [-0.25, -0.2) is 0 Å². The zero-order valence-electron chi connectivity index (χ0n) is 15.9. The molecule has 0 radical (unpaired) electrons. The van der Waals surface area contributed by atoms with E-state index in [1.54, 1.807) is 12.1 Å². The molecule has 0 saturated carbocycles. The summed E-state index contributed by atoms with van der Waals surface area (Å²) in [4.78, 5) is 27.3. The number of amides is 1. The van der Waals surface area contributed by atoms with Gasteiger partial charge >= 0.3 is 0 Å². The zero-order valence-corrected chi connectivity index (χ0v) is 15.9. The number of hydrogen-bond donors (Lipinski definition) is 2. The molecular formula is C23H24N2O2. The van der Waals surface area contributed by atoms with Gasteiger partial charge in [-0.05, 0) is 56.4 Å². The summed E-state index contributed by atoms with van der Waals surface area (Å²) in [6, 6.07) is 17.6. The molecule has 0 aliphatic heterocycles. The highest BCUT2D eigenvalue weighted by Gasteiger charge is 2.19. The summed E-state index contributed by atoms with van der Waals surface area (Å²) in [5.41, 5.74) is 3.01. The van der Waals surface area contributed by atoms with Crippen LogP contribution in [0, 0.1) is 6.92 Å². The van der Waals surface area contributed by atoms with Gasteiger partial charge in [-0.3, -0.25) is 9.59 Å². The lowest BCUT2D eigenvalue weighted by atomic mass is 9.94. The molecular weight excluding hydrogens is 336 g/mol. The second kappa shape index (κ2) is 7.62. The first-order chi connectivity index (χ1) is 12.8. The molecule has 0 saturated heterocycles. The van der Waals surface area contributed by atoms with E-state index >= 15 is 0 Å². The Morgan fingerprint density at radius 3 is 2.56 bits per heavy atom. The van der Waals surface area contributed by atoms with E-state index in [1.807, 2.05) is 38.1 Å². The van der Waals surface area contributed by atoms with Crippen LogP contribution in [0.2, 0.25) is 0 Å². The monoisotopic (exact) mass is 360 g/mol. The smallest absolute Gasteiger partial charge is 0.255 e. The van der Waals surface area contributed by atoms with Crippen molar-refractivity contribution >= 4 is 22.9 Å². The van der Waals surface area contributed by atoms with Gasteiger partial charge in [0.15, 0.2) is 0 Å². The predicted molar refractivity (Wildman–Crippen MR) is 111 cm³/mol. The standard InChI is InChI=1S/C23H24N2O2/c1-16-8-10-17(11-9-16)15-23(2,3)25-21(26)13-12-19-14-18-6-4-5-7-20(18)24-22(19)27/h4-14H,15H2,1-3H3,(H,24,27)(H,25,26)/b13-12+. The molecule has 0 atom stereocenters. The molecule has 0 unspecified atom stereocenters. The van der Waals surface area contributed by atoms with Crippen LogP contribution in [0.15, 0.2) is 65.5 Å². The number of rotatable bonds is 5. The van der Waals surface area contributed by atoms with Gasteiger partial charge in [0.2, 0.25) is 5.91 Å². The minimum Gasteiger partial charge on any atom is -0.347 e. The van der Waals surface area contributed by atoms with Crippen LogP contribution in [0.4, 0.5) is 0 Å². The van der Waals surface area contributed by atoms with Crippen LogP contribution in [-0.4, -0.2) is 16.4 Å². The van der Waals surface area contributed by atoms with Crippen molar-refractivity contribution in [2.45, 2.75) is 32.7 Å². The third-order valence-electron chi connectivity index (χ3n) is 4.42. The molecule has 0 fully saturated rings. The van der Waals surface area contributed by atoms with E-state index in [9.17, 15) is 9.59 Å². The Kier molecular flexibility index (Phi) is 5.26. The van der Waals surface area contributed by atoms with Gasteiger partial charge in [0, 0.05) is 22.7 Å². The second-order valence-corrected chi connectivity index (χ2v) is 7.51. The number of pyridine rings is 1. The number of H-pyrrole nitrogens is 1. The lowest BCUT2D eigenvalue weighted by Gasteiger charge is -2.26. The van der Waals surface area contributed by atoms with Gasteiger partial charge in [0.25, 0.3) is 5.56 Å². The minimum atomic E-state index is -0.396. The lowest BCUT2D eigenvalue weighted by Crippen LogP contribution is -2.44. The van der Waals surface area contributed by atoms with Gasteiger partial charge in [-0.2, -0.15) is 0 Å². The molecule has 1 amide bonds. The summed E-state index contributed by atoms with van der Waals surface area (Å²) in [6.45, 7) is 6.03. The first-order valence-electron chi connectivity index (χ1n) is 9.00. The Labute approximate surface area is 158 Å². The van der Waals surface area contributed by atoms with Gasteiger partial charge in [-0.15, -0.1) is 0 Å². The topological polar surface area (TPSA) is 62.0 Å². The quantitative estimate of drug-likeness (QED) is 0.676. The molecule has 0 aliphatic rings. The van der Waals surface area contributed by atoms with E-state index in [-0.39, 0.29) is 11.5 Å². The average Bonchev–Trinajstić information content (AvgIpc) is 2.61. The predicted octanol–water partition coefficient (Wildman–Crippen LogP) is 3.99. The van der Waals surface area contributed by atoms with Crippen LogP contribution >= 0.6 is 0 Å². The molecule has 4 heteroatoms. The molecule has 1 heterocycles. The highest BCUT2D eigenvalue weighted by Crippen LogP contribution is 2.14. The Bertz CT molecular complexity index is 1040. The van der Waals surface area contributed by atoms with E-state index in [0.29, 0.717) is 5.56 Å². The number of aromatic amines is 1. The third-order valence-corrected chi connectivity index (χ3v) is 4.42.